The lowest BCUT2D eigenvalue weighted by atomic mass is 9.49. The third-order valence-electron chi connectivity index (χ3n) is 6.10. The summed E-state index contributed by atoms with van der Waals surface area (Å²) in [5, 5.41) is 9.59. The Hall–Kier alpha value is -1.04. The van der Waals surface area contributed by atoms with E-state index in [9.17, 15) is 10.1 Å². The highest BCUT2D eigenvalue weighted by atomic mass is 16.2. The molecule has 0 aliphatic heterocycles. The van der Waals surface area contributed by atoms with Gasteiger partial charge in [0, 0.05) is 20.5 Å². The standard InChI is InChI=1S/C17H26N2O/c1-19(2)16(20)4-3-13(10-18)17-14-6-11-5-12(8-14)9-15(17)7-11/h11-15,17H,3-9H2,1-2H3. The fourth-order valence-corrected chi connectivity index (χ4v) is 5.47. The average Bonchev–Trinajstić information content (AvgIpc) is 2.40. The molecule has 0 aromatic heterocycles. The second-order valence-electron chi connectivity index (χ2n) is 7.57. The van der Waals surface area contributed by atoms with E-state index in [0.29, 0.717) is 12.3 Å². The van der Waals surface area contributed by atoms with Crippen LogP contribution in [0.2, 0.25) is 0 Å². The van der Waals surface area contributed by atoms with E-state index < -0.39 is 0 Å². The van der Waals surface area contributed by atoms with Crippen molar-refractivity contribution in [3.05, 3.63) is 0 Å². The highest BCUT2D eigenvalue weighted by molar-refractivity contribution is 5.75. The highest BCUT2D eigenvalue weighted by Crippen LogP contribution is 2.58. The van der Waals surface area contributed by atoms with Gasteiger partial charge in [0.2, 0.25) is 5.91 Å². The fourth-order valence-electron chi connectivity index (χ4n) is 5.47. The van der Waals surface area contributed by atoms with Gasteiger partial charge < -0.3 is 4.90 Å². The first-order chi connectivity index (χ1) is 9.58. The average molecular weight is 274 g/mol. The van der Waals surface area contributed by atoms with Crippen LogP contribution in [0.5, 0.6) is 0 Å². The number of nitrogens with zero attached hydrogens (tertiary/aromatic N) is 2. The fraction of sp³-hybridized carbons (Fsp3) is 0.882. The maximum absolute atomic E-state index is 11.8. The zero-order valence-electron chi connectivity index (χ0n) is 12.7. The molecular formula is C17H26N2O. The number of carbonyl (C=O) groups is 1. The Kier molecular flexibility index (Phi) is 3.75. The van der Waals surface area contributed by atoms with Crippen LogP contribution in [0, 0.1) is 46.8 Å². The largest absolute Gasteiger partial charge is 0.349 e. The minimum absolute atomic E-state index is 0.105. The SMILES string of the molecule is CN(C)C(=O)CCC(C#N)C1C2CC3CC(C2)CC1C3. The quantitative estimate of drug-likeness (QED) is 0.791. The summed E-state index contributed by atoms with van der Waals surface area (Å²) in [6.45, 7) is 0. The van der Waals surface area contributed by atoms with Crippen molar-refractivity contribution in [1.82, 2.24) is 4.90 Å². The van der Waals surface area contributed by atoms with Gasteiger partial charge in [0.05, 0.1) is 12.0 Å². The van der Waals surface area contributed by atoms with Crippen LogP contribution in [-0.2, 0) is 4.79 Å². The van der Waals surface area contributed by atoms with E-state index in [0.717, 1.165) is 30.1 Å². The molecule has 1 unspecified atom stereocenters. The van der Waals surface area contributed by atoms with Gasteiger partial charge in [-0.2, -0.15) is 5.26 Å². The van der Waals surface area contributed by atoms with Gasteiger partial charge in [-0.05, 0) is 68.1 Å². The molecule has 0 heterocycles. The molecule has 0 N–H and O–H groups in total. The van der Waals surface area contributed by atoms with E-state index >= 15 is 0 Å². The van der Waals surface area contributed by atoms with E-state index in [4.69, 9.17) is 0 Å². The van der Waals surface area contributed by atoms with Crippen molar-refractivity contribution in [2.45, 2.75) is 44.9 Å². The predicted octanol–water partition coefficient (Wildman–Crippen LogP) is 3.07. The maximum atomic E-state index is 11.8. The molecule has 0 radical (unpaired) electrons. The molecule has 0 aromatic carbocycles. The predicted molar refractivity (Wildman–Crippen MR) is 77.6 cm³/mol. The monoisotopic (exact) mass is 274 g/mol. The summed E-state index contributed by atoms with van der Waals surface area (Å²) >= 11 is 0. The van der Waals surface area contributed by atoms with Crippen LogP contribution in [0.1, 0.15) is 44.9 Å². The minimum atomic E-state index is 0.105. The van der Waals surface area contributed by atoms with Gasteiger partial charge in [0.1, 0.15) is 0 Å². The van der Waals surface area contributed by atoms with Gasteiger partial charge in [-0.3, -0.25) is 4.79 Å². The van der Waals surface area contributed by atoms with Crippen molar-refractivity contribution in [2.75, 3.05) is 14.1 Å². The van der Waals surface area contributed by atoms with Gasteiger partial charge in [-0.25, -0.2) is 0 Å². The summed E-state index contributed by atoms with van der Waals surface area (Å²) in [6.07, 6.45) is 8.19. The molecule has 20 heavy (non-hydrogen) atoms. The van der Waals surface area contributed by atoms with Crippen molar-refractivity contribution in [1.29, 1.82) is 5.26 Å². The van der Waals surface area contributed by atoms with Crippen molar-refractivity contribution in [3.63, 3.8) is 0 Å². The Bertz CT molecular complexity index is 395. The van der Waals surface area contributed by atoms with Crippen molar-refractivity contribution in [3.8, 4) is 6.07 Å². The molecule has 4 aliphatic carbocycles. The van der Waals surface area contributed by atoms with Crippen LogP contribution in [-0.4, -0.2) is 24.9 Å². The van der Waals surface area contributed by atoms with Gasteiger partial charge in [-0.15, -0.1) is 0 Å². The minimum Gasteiger partial charge on any atom is -0.349 e. The Balaban J connectivity index is 1.65. The van der Waals surface area contributed by atoms with Gasteiger partial charge >= 0.3 is 0 Å². The molecule has 4 saturated carbocycles. The van der Waals surface area contributed by atoms with Crippen molar-refractivity contribution in [2.24, 2.45) is 35.5 Å². The van der Waals surface area contributed by atoms with Gasteiger partial charge in [0.15, 0.2) is 0 Å². The van der Waals surface area contributed by atoms with Crippen LogP contribution in [0.4, 0.5) is 0 Å². The van der Waals surface area contributed by atoms with Gasteiger partial charge in [0.25, 0.3) is 0 Å². The van der Waals surface area contributed by atoms with Crippen LogP contribution < -0.4 is 0 Å². The molecule has 1 amide bonds. The lowest BCUT2D eigenvalue weighted by molar-refractivity contribution is -0.129. The lowest BCUT2D eigenvalue weighted by Crippen LogP contribution is -2.47. The first-order valence-corrected chi connectivity index (χ1v) is 8.18. The Morgan fingerprint density at radius 3 is 2.15 bits per heavy atom. The molecule has 110 valence electrons. The molecular weight excluding hydrogens is 248 g/mol. The number of carbonyl (C=O) groups excluding carboxylic acids is 1. The summed E-state index contributed by atoms with van der Waals surface area (Å²) in [4.78, 5) is 13.4. The zero-order chi connectivity index (χ0) is 14.3. The van der Waals surface area contributed by atoms with Crippen LogP contribution in [0.3, 0.4) is 0 Å². The third kappa shape index (κ3) is 2.45. The smallest absolute Gasteiger partial charge is 0.222 e. The Labute approximate surface area is 122 Å². The van der Waals surface area contributed by atoms with E-state index in [-0.39, 0.29) is 11.8 Å². The summed E-state index contributed by atoms with van der Waals surface area (Å²) in [5.41, 5.74) is 0. The molecule has 0 aromatic rings. The van der Waals surface area contributed by atoms with Crippen LogP contribution in [0.25, 0.3) is 0 Å². The van der Waals surface area contributed by atoms with E-state index in [1.54, 1.807) is 19.0 Å². The first-order valence-electron chi connectivity index (χ1n) is 8.18. The number of rotatable bonds is 4. The Morgan fingerprint density at radius 2 is 1.70 bits per heavy atom. The van der Waals surface area contributed by atoms with Crippen molar-refractivity contribution < 1.29 is 4.79 Å². The van der Waals surface area contributed by atoms with Gasteiger partial charge in [-0.1, -0.05) is 0 Å². The number of hydrogen-bond donors (Lipinski definition) is 0. The van der Waals surface area contributed by atoms with Crippen LogP contribution >= 0.6 is 0 Å². The maximum Gasteiger partial charge on any atom is 0.222 e. The van der Waals surface area contributed by atoms with Crippen LogP contribution in [0.15, 0.2) is 0 Å². The lowest BCUT2D eigenvalue weighted by Gasteiger charge is -2.55. The number of nitriles is 1. The number of hydrogen-bond acceptors (Lipinski definition) is 2. The third-order valence-corrected chi connectivity index (χ3v) is 6.10. The van der Waals surface area contributed by atoms with E-state index in [1.165, 1.54) is 32.1 Å². The molecule has 3 heteroatoms. The number of amides is 1. The molecule has 3 nitrogen and oxygen atoms in total. The summed E-state index contributed by atoms with van der Waals surface area (Å²) in [5.74, 6) is 4.33. The Morgan fingerprint density at radius 1 is 1.15 bits per heavy atom. The summed E-state index contributed by atoms with van der Waals surface area (Å²) in [6, 6.07) is 2.55. The molecule has 4 aliphatic rings. The summed E-state index contributed by atoms with van der Waals surface area (Å²) in [7, 11) is 3.60. The molecule has 0 spiro atoms. The molecule has 4 rings (SSSR count). The normalized spacial score (nSPS) is 39.4. The second-order valence-corrected chi connectivity index (χ2v) is 7.57. The topological polar surface area (TPSA) is 44.1 Å². The van der Waals surface area contributed by atoms with E-state index in [2.05, 4.69) is 6.07 Å². The summed E-state index contributed by atoms with van der Waals surface area (Å²) < 4.78 is 0. The highest BCUT2D eigenvalue weighted by Gasteiger charge is 2.50. The molecule has 4 fully saturated rings. The van der Waals surface area contributed by atoms with E-state index in [1.807, 2.05) is 0 Å². The molecule has 1 atom stereocenters. The first kappa shape index (κ1) is 13.9. The molecule has 0 saturated heterocycles. The molecule has 4 bridgehead atoms. The second kappa shape index (κ2) is 5.39. The zero-order valence-corrected chi connectivity index (χ0v) is 12.7. The van der Waals surface area contributed by atoms with Crippen molar-refractivity contribution >= 4 is 5.91 Å².